The lowest BCUT2D eigenvalue weighted by Crippen LogP contribution is -2.08. The highest BCUT2D eigenvalue weighted by atomic mass is 32.1. The van der Waals surface area contributed by atoms with Crippen LogP contribution in [-0.2, 0) is 0 Å². The van der Waals surface area contributed by atoms with Gasteiger partial charge in [0.25, 0.3) is 0 Å². The first kappa shape index (κ1) is 13.6. The highest BCUT2D eigenvalue weighted by Gasteiger charge is 2.07. The summed E-state index contributed by atoms with van der Waals surface area (Å²) in [5, 5.41) is 0. The smallest absolute Gasteiger partial charge is 0.133 e. The minimum absolute atomic E-state index is 0.398. The van der Waals surface area contributed by atoms with E-state index in [0.29, 0.717) is 4.99 Å². The quantitative estimate of drug-likeness (QED) is 0.856. The van der Waals surface area contributed by atoms with Gasteiger partial charge in [0, 0.05) is 5.56 Å². The van der Waals surface area contributed by atoms with Crippen molar-refractivity contribution in [1.82, 2.24) is 0 Å². The Balaban J connectivity index is 2.31. The lowest BCUT2D eigenvalue weighted by Gasteiger charge is -2.13. The normalized spacial score (nSPS) is 10.3. The molecule has 3 heteroatoms. The molecular weight excluding hydrogens is 254 g/mol. The lowest BCUT2D eigenvalue weighted by molar-refractivity contribution is 0.474. The zero-order chi connectivity index (χ0) is 14.0. The van der Waals surface area contributed by atoms with Crippen molar-refractivity contribution >= 4 is 17.2 Å². The van der Waals surface area contributed by atoms with Gasteiger partial charge in [0.1, 0.15) is 16.5 Å². The van der Waals surface area contributed by atoms with Gasteiger partial charge in [-0.1, -0.05) is 24.4 Å². The lowest BCUT2D eigenvalue weighted by atomic mass is 10.1. The van der Waals surface area contributed by atoms with Crippen LogP contribution >= 0.6 is 12.2 Å². The maximum Gasteiger partial charge on any atom is 0.133 e. The summed E-state index contributed by atoms with van der Waals surface area (Å²) in [6.45, 7) is 6.20. The number of hydrogen-bond donors (Lipinski definition) is 1. The van der Waals surface area contributed by atoms with Crippen LogP contribution in [0.1, 0.15) is 22.3 Å². The molecule has 2 aromatic carbocycles. The average molecular weight is 271 g/mol. The summed E-state index contributed by atoms with van der Waals surface area (Å²) >= 11 is 4.93. The highest BCUT2D eigenvalue weighted by molar-refractivity contribution is 7.80. The van der Waals surface area contributed by atoms with Gasteiger partial charge in [-0.25, -0.2) is 0 Å². The Hall–Kier alpha value is -1.87. The van der Waals surface area contributed by atoms with Crippen molar-refractivity contribution in [2.24, 2.45) is 5.73 Å². The molecule has 0 saturated heterocycles. The molecule has 0 atom stereocenters. The van der Waals surface area contributed by atoms with Crippen LogP contribution in [-0.4, -0.2) is 4.99 Å². The van der Waals surface area contributed by atoms with E-state index in [-0.39, 0.29) is 0 Å². The minimum Gasteiger partial charge on any atom is -0.457 e. The number of hydrogen-bond acceptors (Lipinski definition) is 2. The summed E-state index contributed by atoms with van der Waals surface area (Å²) in [5.41, 5.74) is 9.94. The minimum atomic E-state index is 0.398. The predicted octanol–water partition coefficient (Wildman–Crippen LogP) is 4.04. The van der Waals surface area contributed by atoms with Crippen molar-refractivity contribution < 1.29 is 4.74 Å². The van der Waals surface area contributed by atoms with Crippen LogP contribution in [0.15, 0.2) is 36.4 Å². The topological polar surface area (TPSA) is 35.2 Å². The Labute approximate surface area is 119 Å². The Bertz CT molecular complexity index is 617. The summed E-state index contributed by atoms with van der Waals surface area (Å²) in [6.07, 6.45) is 0. The Morgan fingerprint density at radius 1 is 0.947 bits per heavy atom. The number of thiocarbonyl (C=S) groups is 1. The average Bonchev–Trinajstić information content (AvgIpc) is 2.40. The molecule has 0 bridgehead atoms. The Kier molecular flexibility index (Phi) is 3.86. The maximum atomic E-state index is 5.97. The Morgan fingerprint density at radius 2 is 1.53 bits per heavy atom. The summed E-state index contributed by atoms with van der Waals surface area (Å²) in [7, 11) is 0. The van der Waals surface area contributed by atoms with E-state index in [9.17, 15) is 0 Å². The van der Waals surface area contributed by atoms with Crippen LogP contribution in [0, 0.1) is 20.8 Å². The summed E-state index contributed by atoms with van der Waals surface area (Å²) in [6, 6.07) is 11.7. The second-order valence-corrected chi connectivity index (χ2v) is 5.08. The van der Waals surface area contributed by atoms with Crippen LogP contribution in [0.4, 0.5) is 0 Å². The predicted molar refractivity (Wildman–Crippen MR) is 83.1 cm³/mol. The first-order chi connectivity index (χ1) is 8.99. The summed E-state index contributed by atoms with van der Waals surface area (Å²) in [5.74, 6) is 1.71. The van der Waals surface area contributed by atoms with Gasteiger partial charge in [-0.15, -0.1) is 0 Å². The van der Waals surface area contributed by atoms with Crippen molar-refractivity contribution in [3.05, 3.63) is 58.7 Å². The molecule has 0 saturated carbocycles. The van der Waals surface area contributed by atoms with E-state index < -0.39 is 0 Å². The van der Waals surface area contributed by atoms with Gasteiger partial charge in [0.15, 0.2) is 0 Å². The molecular formula is C16H17NOS. The molecule has 2 rings (SSSR count). The molecule has 2 aromatic rings. The molecule has 2 N–H and O–H groups in total. The molecule has 19 heavy (non-hydrogen) atoms. The Morgan fingerprint density at radius 3 is 2.11 bits per heavy atom. The number of rotatable bonds is 3. The zero-order valence-corrected chi connectivity index (χ0v) is 12.2. The van der Waals surface area contributed by atoms with Crippen LogP contribution in [0.5, 0.6) is 11.5 Å². The standard InChI is InChI=1S/C16H17NOS/c1-10-4-5-11(2)15(12(10)3)18-14-8-6-13(7-9-14)16(17)19/h4-9H,1-3H3,(H2,17,19). The van der Waals surface area contributed by atoms with Gasteiger partial charge in [0.05, 0.1) is 0 Å². The molecule has 0 aromatic heterocycles. The van der Waals surface area contributed by atoms with Crippen molar-refractivity contribution in [3.63, 3.8) is 0 Å². The van der Waals surface area contributed by atoms with E-state index in [2.05, 4.69) is 26.0 Å². The fourth-order valence-corrected chi connectivity index (χ4v) is 2.02. The second-order valence-electron chi connectivity index (χ2n) is 4.64. The third kappa shape index (κ3) is 2.93. The zero-order valence-electron chi connectivity index (χ0n) is 11.4. The van der Waals surface area contributed by atoms with Crippen LogP contribution in [0.3, 0.4) is 0 Å². The molecule has 0 radical (unpaired) electrons. The molecule has 0 aliphatic rings. The van der Waals surface area contributed by atoms with Crippen molar-refractivity contribution in [3.8, 4) is 11.5 Å². The molecule has 0 unspecified atom stereocenters. The van der Waals surface area contributed by atoms with Gasteiger partial charge in [-0.2, -0.15) is 0 Å². The third-order valence-corrected chi connectivity index (χ3v) is 3.47. The van der Waals surface area contributed by atoms with Gasteiger partial charge in [0.2, 0.25) is 0 Å². The highest BCUT2D eigenvalue weighted by Crippen LogP contribution is 2.30. The SMILES string of the molecule is Cc1ccc(C)c(Oc2ccc(C(N)=S)cc2)c1C. The van der Waals surface area contributed by atoms with E-state index >= 15 is 0 Å². The number of aryl methyl sites for hydroxylation is 2. The van der Waals surface area contributed by atoms with Crippen LogP contribution in [0.2, 0.25) is 0 Å². The second kappa shape index (κ2) is 5.41. The molecule has 98 valence electrons. The first-order valence-electron chi connectivity index (χ1n) is 6.13. The van der Waals surface area contributed by atoms with E-state index in [0.717, 1.165) is 22.6 Å². The fraction of sp³-hybridized carbons (Fsp3) is 0.188. The molecule has 0 fully saturated rings. The van der Waals surface area contributed by atoms with Gasteiger partial charge in [-0.3, -0.25) is 0 Å². The number of benzene rings is 2. The summed E-state index contributed by atoms with van der Waals surface area (Å²) in [4.78, 5) is 0.398. The van der Waals surface area contributed by atoms with Crippen molar-refractivity contribution in [2.45, 2.75) is 20.8 Å². The third-order valence-electron chi connectivity index (χ3n) is 3.23. The van der Waals surface area contributed by atoms with E-state index in [1.54, 1.807) is 0 Å². The molecule has 0 aliphatic carbocycles. The van der Waals surface area contributed by atoms with Crippen molar-refractivity contribution in [2.75, 3.05) is 0 Å². The van der Waals surface area contributed by atoms with Gasteiger partial charge >= 0.3 is 0 Å². The molecule has 0 amide bonds. The first-order valence-corrected chi connectivity index (χ1v) is 6.54. The van der Waals surface area contributed by atoms with Gasteiger partial charge < -0.3 is 10.5 Å². The summed E-state index contributed by atoms with van der Waals surface area (Å²) < 4.78 is 5.97. The number of nitrogens with two attached hydrogens (primary N) is 1. The largest absolute Gasteiger partial charge is 0.457 e. The molecule has 2 nitrogen and oxygen atoms in total. The van der Waals surface area contributed by atoms with E-state index in [4.69, 9.17) is 22.7 Å². The monoisotopic (exact) mass is 271 g/mol. The number of ether oxygens (including phenoxy) is 1. The van der Waals surface area contributed by atoms with Crippen LogP contribution in [0.25, 0.3) is 0 Å². The fourth-order valence-electron chi connectivity index (χ4n) is 1.89. The van der Waals surface area contributed by atoms with Crippen LogP contribution < -0.4 is 10.5 Å². The van der Waals surface area contributed by atoms with E-state index in [1.807, 2.05) is 31.2 Å². The van der Waals surface area contributed by atoms with Gasteiger partial charge in [-0.05, 0) is 61.7 Å². The maximum absolute atomic E-state index is 5.97. The van der Waals surface area contributed by atoms with E-state index in [1.165, 1.54) is 11.1 Å². The molecule has 0 heterocycles. The molecule has 0 spiro atoms. The molecule has 0 aliphatic heterocycles. The van der Waals surface area contributed by atoms with Crippen molar-refractivity contribution in [1.29, 1.82) is 0 Å².